The van der Waals surface area contributed by atoms with Crippen LogP contribution in [0.25, 0.3) is 0 Å². The van der Waals surface area contributed by atoms with E-state index in [1.165, 1.54) is 11.1 Å². The van der Waals surface area contributed by atoms with E-state index >= 15 is 0 Å². The Morgan fingerprint density at radius 1 is 1.29 bits per heavy atom. The average Bonchev–Trinajstić information content (AvgIpc) is 2.26. The van der Waals surface area contributed by atoms with E-state index in [9.17, 15) is 4.79 Å². The zero-order valence-corrected chi connectivity index (χ0v) is 13.8. The fraction of sp³-hybridized carbons (Fsp3) is 0.500. The van der Waals surface area contributed by atoms with E-state index in [-0.39, 0.29) is 44.5 Å². The molecule has 1 rings (SSSR count). The summed E-state index contributed by atoms with van der Waals surface area (Å²) in [4.78, 5) is 11.2. The first-order chi connectivity index (χ1) is 7.54. The summed E-state index contributed by atoms with van der Waals surface area (Å²) < 4.78 is 0. The number of benzene rings is 1. The summed E-state index contributed by atoms with van der Waals surface area (Å²) in [5, 5.41) is 0. The molecule has 1 aromatic carbocycles. The standard InChI is InChI=1S/C14H21NO.Y/c1-4-12(14(15)16)9-11(3)13-7-5-10(2)6-8-13;/h5-8,11-12H,4,9H2,1-3H3,(H2,15,16);. The summed E-state index contributed by atoms with van der Waals surface area (Å²) in [6.07, 6.45) is 1.67. The number of amides is 1. The van der Waals surface area contributed by atoms with Crippen molar-refractivity contribution in [2.24, 2.45) is 11.7 Å². The van der Waals surface area contributed by atoms with Crippen LogP contribution in [0.4, 0.5) is 0 Å². The molecule has 0 aliphatic rings. The minimum Gasteiger partial charge on any atom is -0.369 e. The van der Waals surface area contributed by atoms with Gasteiger partial charge in [-0.3, -0.25) is 4.79 Å². The van der Waals surface area contributed by atoms with Gasteiger partial charge in [-0.15, -0.1) is 0 Å². The van der Waals surface area contributed by atoms with Crippen LogP contribution in [-0.4, -0.2) is 5.91 Å². The van der Waals surface area contributed by atoms with Gasteiger partial charge in [0.05, 0.1) is 0 Å². The molecule has 0 aromatic heterocycles. The number of hydrogen-bond donors (Lipinski definition) is 1. The quantitative estimate of drug-likeness (QED) is 0.893. The van der Waals surface area contributed by atoms with E-state index in [1.54, 1.807) is 0 Å². The second-order valence-corrected chi connectivity index (χ2v) is 4.55. The summed E-state index contributed by atoms with van der Waals surface area (Å²) in [6.45, 7) is 6.24. The van der Waals surface area contributed by atoms with E-state index in [1.807, 2.05) is 6.92 Å². The van der Waals surface area contributed by atoms with Gasteiger partial charge in [-0.25, -0.2) is 0 Å². The van der Waals surface area contributed by atoms with Crippen LogP contribution in [0, 0.1) is 12.8 Å². The van der Waals surface area contributed by atoms with Crippen LogP contribution in [0.5, 0.6) is 0 Å². The molecule has 0 fully saturated rings. The molecule has 0 saturated heterocycles. The molecule has 91 valence electrons. The third-order valence-electron chi connectivity index (χ3n) is 3.18. The fourth-order valence-corrected chi connectivity index (χ4v) is 1.94. The molecule has 3 heteroatoms. The Hall–Kier alpha value is -0.206. The van der Waals surface area contributed by atoms with Gasteiger partial charge in [-0.2, -0.15) is 0 Å². The predicted molar refractivity (Wildman–Crippen MR) is 67.2 cm³/mol. The maximum atomic E-state index is 11.2. The number of carbonyl (C=O) groups excluding carboxylic acids is 1. The van der Waals surface area contributed by atoms with Gasteiger partial charge in [0.25, 0.3) is 0 Å². The number of aryl methyl sites for hydroxylation is 1. The molecule has 0 saturated carbocycles. The van der Waals surface area contributed by atoms with Crippen molar-refractivity contribution < 1.29 is 37.5 Å². The van der Waals surface area contributed by atoms with E-state index in [2.05, 4.69) is 38.1 Å². The van der Waals surface area contributed by atoms with E-state index < -0.39 is 0 Å². The summed E-state index contributed by atoms with van der Waals surface area (Å²) >= 11 is 0. The maximum Gasteiger partial charge on any atom is 0.220 e. The van der Waals surface area contributed by atoms with Crippen molar-refractivity contribution in [1.29, 1.82) is 0 Å². The summed E-state index contributed by atoms with van der Waals surface area (Å²) in [7, 11) is 0. The summed E-state index contributed by atoms with van der Waals surface area (Å²) in [5.74, 6) is 0.204. The molecule has 17 heavy (non-hydrogen) atoms. The Morgan fingerprint density at radius 2 is 1.82 bits per heavy atom. The summed E-state index contributed by atoms with van der Waals surface area (Å²) in [6, 6.07) is 8.48. The first-order valence-electron chi connectivity index (χ1n) is 5.90. The van der Waals surface area contributed by atoms with Crippen LogP contribution < -0.4 is 5.73 Å². The first-order valence-corrected chi connectivity index (χ1v) is 5.90. The molecule has 2 atom stereocenters. The van der Waals surface area contributed by atoms with Crippen molar-refractivity contribution in [2.45, 2.75) is 39.5 Å². The normalized spacial score (nSPS) is 13.6. The Bertz CT molecular complexity index is 348. The Kier molecular flexibility index (Phi) is 7.90. The number of hydrogen-bond acceptors (Lipinski definition) is 1. The fourth-order valence-electron chi connectivity index (χ4n) is 1.94. The summed E-state index contributed by atoms with van der Waals surface area (Å²) in [5.41, 5.74) is 7.90. The van der Waals surface area contributed by atoms with Crippen molar-refractivity contribution in [3.63, 3.8) is 0 Å². The van der Waals surface area contributed by atoms with E-state index in [0.717, 1.165) is 12.8 Å². The van der Waals surface area contributed by atoms with Gasteiger partial charge < -0.3 is 5.73 Å². The molecule has 0 aliphatic carbocycles. The van der Waals surface area contributed by atoms with Gasteiger partial charge in [-0.05, 0) is 31.2 Å². The molecular weight excluding hydrogens is 287 g/mol. The molecule has 0 heterocycles. The minimum atomic E-state index is -0.179. The molecule has 2 unspecified atom stereocenters. The number of carbonyl (C=O) groups is 1. The Balaban J connectivity index is 0.00000256. The van der Waals surface area contributed by atoms with Crippen molar-refractivity contribution in [1.82, 2.24) is 0 Å². The van der Waals surface area contributed by atoms with Gasteiger partial charge in [0.15, 0.2) is 0 Å². The Labute approximate surface area is 129 Å². The zero-order valence-electron chi connectivity index (χ0n) is 10.9. The molecule has 2 N–H and O–H groups in total. The van der Waals surface area contributed by atoms with E-state index in [4.69, 9.17) is 5.73 Å². The van der Waals surface area contributed by atoms with Crippen molar-refractivity contribution >= 4 is 5.91 Å². The molecule has 1 amide bonds. The van der Waals surface area contributed by atoms with Crippen LogP contribution in [0.2, 0.25) is 0 Å². The van der Waals surface area contributed by atoms with Crippen molar-refractivity contribution in [2.75, 3.05) is 0 Å². The van der Waals surface area contributed by atoms with Crippen molar-refractivity contribution in [3.8, 4) is 0 Å². The zero-order chi connectivity index (χ0) is 12.1. The van der Waals surface area contributed by atoms with Gasteiger partial charge in [-0.1, -0.05) is 43.7 Å². The second-order valence-electron chi connectivity index (χ2n) is 4.55. The number of rotatable bonds is 5. The van der Waals surface area contributed by atoms with Crippen LogP contribution in [-0.2, 0) is 37.5 Å². The molecule has 0 spiro atoms. The maximum absolute atomic E-state index is 11.2. The van der Waals surface area contributed by atoms with Crippen LogP contribution in [0.3, 0.4) is 0 Å². The van der Waals surface area contributed by atoms with Crippen molar-refractivity contribution in [3.05, 3.63) is 35.4 Å². The van der Waals surface area contributed by atoms with Gasteiger partial charge in [0, 0.05) is 38.6 Å². The van der Waals surface area contributed by atoms with Gasteiger partial charge >= 0.3 is 0 Å². The molecule has 0 aliphatic heterocycles. The molecule has 1 radical (unpaired) electrons. The predicted octanol–water partition coefficient (Wildman–Crippen LogP) is 3.00. The first kappa shape index (κ1) is 16.8. The third-order valence-corrected chi connectivity index (χ3v) is 3.18. The SMILES string of the molecule is CCC(CC(C)c1ccc(C)cc1)C(N)=O.[Y]. The molecule has 1 aromatic rings. The van der Waals surface area contributed by atoms with Gasteiger partial charge in [0.2, 0.25) is 5.91 Å². The molecule has 2 nitrogen and oxygen atoms in total. The topological polar surface area (TPSA) is 43.1 Å². The monoisotopic (exact) mass is 308 g/mol. The largest absolute Gasteiger partial charge is 0.369 e. The van der Waals surface area contributed by atoms with E-state index in [0.29, 0.717) is 5.92 Å². The second kappa shape index (κ2) is 7.99. The van der Waals surface area contributed by atoms with Gasteiger partial charge in [0.1, 0.15) is 0 Å². The number of nitrogens with two attached hydrogens (primary N) is 1. The smallest absolute Gasteiger partial charge is 0.220 e. The molecule has 0 bridgehead atoms. The van der Waals surface area contributed by atoms with Crippen LogP contribution in [0.1, 0.15) is 43.7 Å². The Morgan fingerprint density at radius 3 is 2.24 bits per heavy atom. The van der Waals surface area contributed by atoms with Crippen LogP contribution in [0.15, 0.2) is 24.3 Å². The minimum absolute atomic E-state index is 0. The molecular formula is C14H21NOY. The third kappa shape index (κ3) is 5.31. The number of primary amides is 1. The van der Waals surface area contributed by atoms with Crippen LogP contribution >= 0.6 is 0 Å². The average molecular weight is 308 g/mol.